The number of carbonyl (C=O) groups excluding carboxylic acids is 1. The second-order valence-electron chi connectivity index (χ2n) is 3.12. The van der Waals surface area contributed by atoms with Crippen molar-refractivity contribution in [3.8, 4) is 17.3 Å². The van der Waals surface area contributed by atoms with Crippen molar-refractivity contribution < 1.29 is 15.0 Å². The minimum atomic E-state index is -0.712. The van der Waals surface area contributed by atoms with Crippen LogP contribution in [-0.2, 0) is 0 Å². The average molecular weight is 220 g/mol. The zero-order chi connectivity index (χ0) is 11.7. The number of hydrogen-bond acceptors (Lipinski definition) is 4. The van der Waals surface area contributed by atoms with E-state index in [1.54, 1.807) is 12.1 Å². The molecule has 2 rings (SSSR count). The van der Waals surface area contributed by atoms with Gasteiger partial charge >= 0.3 is 0 Å². The zero-order valence-corrected chi connectivity index (χ0v) is 8.04. The molecule has 0 saturated carbocycles. The number of phenols is 1. The van der Waals surface area contributed by atoms with Crippen LogP contribution >= 0.6 is 0 Å². The second-order valence-corrected chi connectivity index (χ2v) is 3.12. The molecule has 3 N–H and O–H groups in total. The van der Waals surface area contributed by atoms with Gasteiger partial charge < -0.3 is 10.2 Å². The van der Waals surface area contributed by atoms with Crippen LogP contribution < -0.4 is 5.56 Å². The van der Waals surface area contributed by atoms with Gasteiger partial charge in [-0.2, -0.15) is 0 Å². The van der Waals surface area contributed by atoms with E-state index in [-0.39, 0.29) is 23.3 Å². The molecule has 0 bridgehead atoms. The van der Waals surface area contributed by atoms with Crippen molar-refractivity contribution in [1.29, 1.82) is 0 Å². The minimum Gasteiger partial charge on any atom is -0.506 e. The van der Waals surface area contributed by atoms with Crippen molar-refractivity contribution in [2.45, 2.75) is 0 Å². The first-order valence-electron chi connectivity index (χ1n) is 4.42. The van der Waals surface area contributed by atoms with E-state index < -0.39 is 11.4 Å². The van der Waals surface area contributed by atoms with Crippen molar-refractivity contribution in [3.05, 3.63) is 40.2 Å². The number of hydrogen-bond donors (Lipinski definition) is 3. The molecule has 16 heavy (non-hydrogen) atoms. The summed E-state index contributed by atoms with van der Waals surface area (Å²) in [4.78, 5) is 21.7. The van der Waals surface area contributed by atoms with Gasteiger partial charge in [0.25, 0.3) is 5.56 Å². The number of rotatable bonds is 2. The molecule has 0 spiro atoms. The Hall–Kier alpha value is -2.50. The fourth-order valence-electron chi connectivity index (χ4n) is 1.37. The van der Waals surface area contributed by atoms with Gasteiger partial charge in [0.05, 0.1) is 0 Å². The number of benzene rings is 1. The number of nitrogens with zero attached hydrogens (tertiary/aromatic N) is 1. The SMILES string of the molecule is O=Cc1c(O)n(-c2ccccc2O)[nH]c1=O. The predicted molar refractivity (Wildman–Crippen MR) is 55.1 cm³/mol. The monoisotopic (exact) mass is 220 g/mol. The molecule has 0 amide bonds. The van der Waals surface area contributed by atoms with Crippen LogP contribution in [0.5, 0.6) is 11.6 Å². The fraction of sp³-hybridized carbons (Fsp3) is 0. The van der Waals surface area contributed by atoms with E-state index in [1.807, 2.05) is 0 Å². The molecule has 0 saturated heterocycles. The number of para-hydroxylation sites is 2. The Labute approximate surface area is 89.4 Å². The molecule has 0 aliphatic heterocycles. The molecule has 2 aromatic rings. The van der Waals surface area contributed by atoms with Gasteiger partial charge in [-0.25, -0.2) is 4.68 Å². The standard InChI is InChI=1S/C10H8N2O4/c13-5-6-9(15)11-12(10(6)16)7-3-1-2-4-8(7)14/h1-5,14,16H,(H,11,15). The summed E-state index contributed by atoms with van der Waals surface area (Å²) in [6, 6.07) is 6.10. The summed E-state index contributed by atoms with van der Waals surface area (Å²) in [5.41, 5.74) is -0.899. The van der Waals surface area contributed by atoms with E-state index in [2.05, 4.69) is 5.10 Å². The van der Waals surface area contributed by atoms with Crippen molar-refractivity contribution in [3.63, 3.8) is 0 Å². The number of nitrogens with one attached hydrogen (secondary N) is 1. The molecule has 0 fully saturated rings. The lowest BCUT2D eigenvalue weighted by molar-refractivity contribution is 0.112. The summed E-state index contributed by atoms with van der Waals surface area (Å²) in [7, 11) is 0. The number of H-pyrrole nitrogens is 1. The van der Waals surface area contributed by atoms with E-state index in [1.165, 1.54) is 12.1 Å². The Bertz CT molecular complexity index is 597. The Balaban J connectivity index is 2.71. The van der Waals surface area contributed by atoms with Gasteiger partial charge in [-0.05, 0) is 12.1 Å². The normalized spacial score (nSPS) is 10.2. The summed E-state index contributed by atoms with van der Waals surface area (Å²) >= 11 is 0. The summed E-state index contributed by atoms with van der Waals surface area (Å²) in [6.45, 7) is 0. The highest BCUT2D eigenvalue weighted by atomic mass is 16.3. The molecule has 0 aliphatic rings. The van der Waals surface area contributed by atoms with E-state index in [0.29, 0.717) is 0 Å². The molecule has 1 aromatic heterocycles. The quantitative estimate of drug-likeness (QED) is 0.638. The summed E-state index contributed by atoms with van der Waals surface area (Å²) in [6.07, 6.45) is 0.255. The van der Waals surface area contributed by atoms with Crippen LogP contribution in [0.15, 0.2) is 29.1 Å². The van der Waals surface area contributed by atoms with Crippen LogP contribution in [0.4, 0.5) is 0 Å². The molecule has 6 heteroatoms. The van der Waals surface area contributed by atoms with Gasteiger partial charge in [0, 0.05) is 0 Å². The lowest BCUT2D eigenvalue weighted by Gasteiger charge is -2.05. The average Bonchev–Trinajstić information content (AvgIpc) is 2.55. The number of aromatic hydroxyl groups is 2. The molecule has 82 valence electrons. The number of aromatic nitrogens is 2. The molecule has 0 atom stereocenters. The topological polar surface area (TPSA) is 95.3 Å². The molecule has 1 heterocycles. The molecule has 0 radical (unpaired) electrons. The van der Waals surface area contributed by atoms with E-state index >= 15 is 0 Å². The third-order valence-electron chi connectivity index (χ3n) is 2.15. The summed E-state index contributed by atoms with van der Waals surface area (Å²) in [5.74, 6) is -0.650. The smallest absolute Gasteiger partial charge is 0.279 e. The third-order valence-corrected chi connectivity index (χ3v) is 2.15. The maximum Gasteiger partial charge on any atom is 0.279 e. The molecular formula is C10H8N2O4. The predicted octanol–water partition coefficient (Wildman–Crippen LogP) is 0.389. The first kappa shape index (κ1) is 10.0. The third kappa shape index (κ3) is 1.36. The highest BCUT2D eigenvalue weighted by Crippen LogP contribution is 2.24. The highest BCUT2D eigenvalue weighted by molar-refractivity contribution is 5.78. The Morgan fingerprint density at radius 3 is 2.50 bits per heavy atom. The van der Waals surface area contributed by atoms with Crippen molar-refractivity contribution in [2.24, 2.45) is 0 Å². The maximum atomic E-state index is 11.2. The molecular weight excluding hydrogens is 212 g/mol. The maximum absolute atomic E-state index is 11.2. The van der Waals surface area contributed by atoms with Gasteiger partial charge in [-0.1, -0.05) is 12.1 Å². The first-order chi connectivity index (χ1) is 7.65. The fourth-order valence-corrected chi connectivity index (χ4v) is 1.37. The van der Waals surface area contributed by atoms with Gasteiger partial charge in [-0.15, -0.1) is 0 Å². The van der Waals surface area contributed by atoms with Crippen molar-refractivity contribution >= 4 is 6.29 Å². The van der Waals surface area contributed by atoms with Gasteiger partial charge in [-0.3, -0.25) is 14.7 Å². The van der Waals surface area contributed by atoms with Crippen molar-refractivity contribution in [2.75, 3.05) is 0 Å². The molecule has 1 aromatic carbocycles. The number of carbonyl (C=O) groups is 1. The van der Waals surface area contributed by atoms with Gasteiger partial charge in [0.15, 0.2) is 6.29 Å². The number of phenolic OH excluding ortho intramolecular Hbond substituents is 1. The van der Waals surface area contributed by atoms with Gasteiger partial charge in [0.2, 0.25) is 5.88 Å². The Kier molecular flexibility index (Phi) is 2.24. The lowest BCUT2D eigenvalue weighted by Crippen LogP contribution is -2.06. The van der Waals surface area contributed by atoms with E-state index in [9.17, 15) is 19.8 Å². The molecule has 0 unspecified atom stereocenters. The molecule has 6 nitrogen and oxygen atoms in total. The van der Waals surface area contributed by atoms with E-state index in [4.69, 9.17) is 0 Å². The Morgan fingerprint density at radius 2 is 1.94 bits per heavy atom. The Morgan fingerprint density at radius 1 is 1.25 bits per heavy atom. The van der Waals surface area contributed by atoms with Crippen LogP contribution in [-0.4, -0.2) is 26.3 Å². The largest absolute Gasteiger partial charge is 0.506 e. The highest BCUT2D eigenvalue weighted by Gasteiger charge is 2.15. The van der Waals surface area contributed by atoms with Crippen LogP contribution in [0.1, 0.15) is 10.4 Å². The van der Waals surface area contributed by atoms with Crippen LogP contribution in [0.25, 0.3) is 5.69 Å². The van der Waals surface area contributed by atoms with Crippen LogP contribution in [0.2, 0.25) is 0 Å². The first-order valence-corrected chi connectivity index (χ1v) is 4.42. The zero-order valence-electron chi connectivity index (χ0n) is 8.04. The second kappa shape index (κ2) is 3.58. The van der Waals surface area contributed by atoms with Crippen molar-refractivity contribution in [1.82, 2.24) is 9.78 Å². The minimum absolute atomic E-state index is 0.124. The van der Waals surface area contributed by atoms with E-state index in [0.717, 1.165) is 4.68 Å². The molecule has 0 aliphatic carbocycles. The number of aldehydes is 1. The lowest BCUT2D eigenvalue weighted by atomic mass is 10.3. The van der Waals surface area contributed by atoms with Crippen LogP contribution in [0, 0.1) is 0 Å². The summed E-state index contributed by atoms with van der Waals surface area (Å²) < 4.78 is 0.946. The van der Waals surface area contributed by atoms with Gasteiger partial charge in [0.1, 0.15) is 17.0 Å². The summed E-state index contributed by atoms with van der Waals surface area (Å²) in [5, 5.41) is 21.3. The van der Waals surface area contributed by atoms with Crippen LogP contribution in [0.3, 0.4) is 0 Å². The number of aromatic amines is 1.